The van der Waals surface area contributed by atoms with Crippen molar-refractivity contribution in [3.63, 3.8) is 0 Å². The van der Waals surface area contributed by atoms with Gasteiger partial charge in [0.05, 0.1) is 0 Å². The van der Waals surface area contributed by atoms with Gasteiger partial charge in [-0.1, -0.05) is 0 Å². The third-order valence-electron chi connectivity index (χ3n) is 0.328. The van der Waals surface area contributed by atoms with E-state index in [1.54, 1.807) is 0 Å². The normalized spacial score (nSPS) is 13.8. The standard InChI is InChI=1S/C3H5ClO2/c1-2(5)3(4)6/h2,5H,1H3/t2-/m1/s1. The van der Waals surface area contributed by atoms with Gasteiger partial charge in [-0.05, 0) is 18.5 Å². The molecule has 0 saturated carbocycles. The summed E-state index contributed by atoms with van der Waals surface area (Å²) in [4.78, 5) is 9.66. The predicted molar refractivity (Wildman–Crippen MR) is 22.5 cm³/mol. The molecule has 36 valence electrons. The van der Waals surface area contributed by atoms with Gasteiger partial charge in [0, 0.05) is 0 Å². The highest BCUT2D eigenvalue weighted by Gasteiger charge is 2.00. The molecule has 0 aliphatic rings. The van der Waals surface area contributed by atoms with E-state index in [9.17, 15) is 4.79 Å². The Morgan fingerprint density at radius 1 is 2.00 bits per heavy atom. The molecule has 0 aromatic heterocycles. The van der Waals surface area contributed by atoms with Gasteiger partial charge in [-0.3, -0.25) is 4.79 Å². The van der Waals surface area contributed by atoms with Gasteiger partial charge in [0.15, 0.2) is 0 Å². The molecule has 3 heteroatoms. The minimum atomic E-state index is -1.02. The third-order valence-corrected chi connectivity index (χ3v) is 0.644. The lowest BCUT2D eigenvalue weighted by Gasteiger charge is -1.88. The first-order chi connectivity index (χ1) is 2.64. The lowest BCUT2D eigenvalue weighted by atomic mass is 10.5. The summed E-state index contributed by atoms with van der Waals surface area (Å²) in [6.07, 6.45) is -1.02. The van der Waals surface area contributed by atoms with Crippen molar-refractivity contribution in [2.24, 2.45) is 0 Å². The number of carbonyl (C=O) groups excluding carboxylic acids is 1. The molecule has 0 fully saturated rings. The Morgan fingerprint density at radius 2 is 2.17 bits per heavy atom. The molecule has 1 atom stereocenters. The van der Waals surface area contributed by atoms with Gasteiger partial charge in [0.25, 0.3) is 0 Å². The highest BCUT2D eigenvalue weighted by molar-refractivity contribution is 6.64. The molecule has 0 aromatic rings. The second kappa shape index (κ2) is 2.16. The largest absolute Gasteiger partial charge is 0.384 e. The summed E-state index contributed by atoms with van der Waals surface area (Å²) < 4.78 is 0. The van der Waals surface area contributed by atoms with E-state index in [0.29, 0.717) is 0 Å². The van der Waals surface area contributed by atoms with Crippen molar-refractivity contribution in [2.75, 3.05) is 0 Å². The Morgan fingerprint density at radius 3 is 2.17 bits per heavy atom. The predicted octanol–water partition coefficient (Wildman–Crippen LogP) is 0.133. The second-order valence-corrected chi connectivity index (χ2v) is 1.35. The van der Waals surface area contributed by atoms with E-state index in [1.807, 2.05) is 0 Å². The minimum absolute atomic E-state index is 0.713. The van der Waals surface area contributed by atoms with Crippen LogP contribution < -0.4 is 0 Å². The molecule has 0 aliphatic heterocycles. The summed E-state index contributed by atoms with van der Waals surface area (Å²) in [7, 11) is 0. The lowest BCUT2D eigenvalue weighted by molar-refractivity contribution is -0.118. The molecule has 0 aromatic carbocycles. The van der Waals surface area contributed by atoms with Crippen LogP contribution in [0.4, 0.5) is 0 Å². The van der Waals surface area contributed by atoms with E-state index in [-0.39, 0.29) is 0 Å². The third kappa shape index (κ3) is 2.18. The monoisotopic (exact) mass is 108 g/mol. The maximum Gasteiger partial charge on any atom is 0.249 e. The number of hydrogen-bond acceptors (Lipinski definition) is 2. The Labute approximate surface area is 40.7 Å². The summed E-state index contributed by atoms with van der Waals surface area (Å²) in [5.41, 5.74) is 0. The Hall–Kier alpha value is -0.0800. The van der Waals surface area contributed by atoms with E-state index < -0.39 is 11.3 Å². The summed E-state index contributed by atoms with van der Waals surface area (Å²) in [5, 5.41) is 7.44. The lowest BCUT2D eigenvalue weighted by Crippen LogP contribution is -2.07. The number of hydrogen-bond donors (Lipinski definition) is 1. The average Bonchev–Trinajstić information content (AvgIpc) is 1.36. The highest BCUT2D eigenvalue weighted by atomic mass is 35.5. The zero-order chi connectivity index (χ0) is 5.15. The number of carbonyl (C=O) groups is 1. The van der Waals surface area contributed by atoms with E-state index >= 15 is 0 Å². The molecule has 0 amide bonds. The van der Waals surface area contributed by atoms with E-state index in [1.165, 1.54) is 6.92 Å². The first-order valence-electron chi connectivity index (χ1n) is 1.52. The van der Waals surface area contributed by atoms with E-state index in [2.05, 4.69) is 0 Å². The molecule has 0 radical (unpaired) electrons. The molecular formula is C3H5ClO2. The van der Waals surface area contributed by atoms with Crippen LogP contribution in [0.25, 0.3) is 0 Å². The average molecular weight is 109 g/mol. The van der Waals surface area contributed by atoms with Crippen LogP contribution in [0.5, 0.6) is 0 Å². The first-order valence-corrected chi connectivity index (χ1v) is 1.90. The van der Waals surface area contributed by atoms with Gasteiger partial charge in [-0.15, -0.1) is 0 Å². The fourth-order valence-electron chi connectivity index (χ4n) is 0. The zero-order valence-electron chi connectivity index (χ0n) is 3.31. The van der Waals surface area contributed by atoms with Crippen LogP contribution in [-0.4, -0.2) is 16.5 Å². The highest BCUT2D eigenvalue weighted by Crippen LogP contribution is 1.85. The Balaban J connectivity index is 3.26. The molecule has 0 spiro atoms. The SMILES string of the molecule is C[C@@H](O)C(=O)Cl. The molecule has 1 N–H and O–H groups in total. The van der Waals surface area contributed by atoms with E-state index in [0.717, 1.165) is 0 Å². The molecule has 0 bridgehead atoms. The quantitative estimate of drug-likeness (QED) is 0.485. The molecule has 0 rings (SSSR count). The van der Waals surface area contributed by atoms with Gasteiger partial charge in [0.2, 0.25) is 5.24 Å². The van der Waals surface area contributed by atoms with Gasteiger partial charge in [-0.25, -0.2) is 0 Å². The first kappa shape index (κ1) is 5.92. The van der Waals surface area contributed by atoms with Crippen molar-refractivity contribution < 1.29 is 9.90 Å². The van der Waals surface area contributed by atoms with Crippen LogP contribution in [-0.2, 0) is 4.79 Å². The van der Waals surface area contributed by atoms with Gasteiger partial charge in [-0.2, -0.15) is 0 Å². The molecule has 0 aliphatic carbocycles. The fraction of sp³-hybridized carbons (Fsp3) is 0.667. The molecule has 0 saturated heterocycles. The van der Waals surface area contributed by atoms with Gasteiger partial charge in [0.1, 0.15) is 6.10 Å². The van der Waals surface area contributed by atoms with Crippen LogP contribution in [0.3, 0.4) is 0 Å². The summed E-state index contributed by atoms with van der Waals surface area (Å²) >= 11 is 4.72. The van der Waals surface area contributed by atoms with Crippen molar-refractivity contribution in [1.29, 1.82) is 0 Å². The molecule has 0 unspecified atom stereocenters. The van der Waals surface area contributed by atoms with Crippen LogP contribution in [0.15, 0.2) is 0 Å². The van der Waals surface area contributed by atoms with Crippen molar-refractivity contribution in [3.05, 3.63) is 0 Å². The van der Waals surface area contributed by atoms with Crippen LogP contribution >= 0.6 is 11.6 Å². The van der Waals surface area contributed by atoms with Gasteiger partial charge < -0.3 is 5.11 Å². The molecule has 6 heavy (non-hydrogen) atoms. The van der Waals surface area contributed by atoms with Crippen molar-refractivity contribution >= 4 is 16.8 Å². The number of rotatable bonds is 1. The maximum absolute atomic E-state index is 9.66. The molecule has 0 heterocycles. The molecular weight excluding hydrogens is 103 g/mol. The van der Waals surface area contributed by atoms with E-state index in [4.69, 9.17) is 16.7 Å². The minimum Gasteiger partial charge on any atom is -0.384 e. The molecule has 2 nitrogen and oxygen atoms in total. The number of aliphatic hydroxyl groups excluding tert-OH is 1. The van der Waals surface area contributed by atoms with Crippen LogP contribution in [0.2, 0.25) is 0 Å². The van der Waals surface area contributed by atoms with Crippen molar-refractivity contribution in [2.45, 2.75) is 13.0 Å². The Kier molecular flexibility index (Phi) is 2.13. The summed E-state index contributed by atoms with van der Waals surface area (Å²) in [5.74, 6) is 0. The topological polar surface area (TPSA) is 37.3 Å². The number of halogens is 1. The Bertz CT molecular complexity index is 59.8. The summed E-state index contributed by atoms with van der Waals surface area (Å²) in [6, 6.07) is 0. The summed E-state index contributed by atoms with van der Waals surface area (Å²) in [6.45, 7) is 1.31. The fourth-order valence-corrected chi connectivity index (χ4v) is 0. The van der Waals surface area contributed by atoms with Crippen molar-refractivity contribution in [3.8, 4) is 0 Å². The number of aliphatic hydroxyl groups is 1. The smallest absolute Gasteiger partial charge is 0.249 e. The second-order valence-electron chi connectivity index (χ2n) is 0.980. The van der Waals surface area contributed by atoms with Crippen LogP contribution in [0, 0.1) is 0 Å². The van der Waals surface area contributed by atoms with Crippen LogP contribution in [0.1, 0.15) is 6.92 Å². The van der Waals surface area contributed by atoms with Crippen molar-refractivity contribution in [1.82, 2.24) is 0 Å². The zero-order valence-corrected chi connectivity index (χ0v) is 4.07. The van der Waals surface area contributed by atoms with Gasteiger partial charge >= 0.3 is 0 Å². The maximum atomic E-state index is 9.66.